The van der Waals surface area contributed by atoms with Gasteiger partial charge < -0.3 is 10.2 Å². The second-order valence-corrected chi connectivity index (χ2v) is 6.20. The third kappa shape index (κ3) is 3.04. The summed E-state index contributed by atoms with van der Waals surface area (Å²) in [4.78, 5) is 23.4. The van der Waals surface area contributed by atoms with Crippen LogP contribution in [0.1, 0.15) is 57.5 Å². The third-order valence-electron chi connectivity index (χ3n) is 4.69. The molecule has 2 aromatic carbocycles. The zero-order valence-corrected chi connectivity index (χ0v) is 13.4. The summed E-state index contributed by atoms with van der Waals surface area (Å²) < 4.78 is 0. The number of aryl methyl sites for hydroxylation is 1. The van der Waals surface area contributed by atoms with Gasteiger partial charge in [0.1, 0.15) is 0 Å². The van der Waals surface area contributed by atoms with Crippen LogP contribution in [0.15, 0.2) is 36.4 Å². The van der Waals surface area contributed by atoms with E-state index in [9.17, 15) is 19.8 Å². The molecular formula is C20H20O4. The Kier molecular flexibility index (Phi) is 4.65. The normalized spacial score (nSPS) is 14.3. The van der Waals surface area contributed by atoms with Gasteiger partial charge in [-0.25, -0.2) is 9.59 Å². The van der Waals surface area contributed by atoms with Crippen LogP contribution in [-0.4, -0.2) is 22.2 Å². The van der Waals surface area contributed by atoms with E-state index in [4.69, 9.17) is 0 Å². The van der Waals surface area contributed by atoms with Crippen molar-refractivity contribution in [3.8, 4) is 11.1 Å². The lowest BCUT2D eigenvalue weighted by Crippen LogP contribution is -2.10. The van der Waals surface area contributed by atoms with E-state index in [-0.39, 0.29) is 11.1 Å². The first-order valence-electron chi connectivity index (χ1n) is 8.30. The number of benzene rings is 2. The molecule has 2 N–H and O–H groups in total. The number of carboxylic acids is 2. The molecule has 0 unspecified atom stereocenters. The highest BCUT2D eigenvalue weighted by molar-refractivity contribution is 6.03. The molecular weight excluding hydrogens is 304 g/mol. The van der Waals surface area contributed by atoms with Gasteiger partial charge in [0.05, 0.1) is 11.1 Å². The molecule has 0 atom stereocenters. The summed E-state index contributed by atoms with van der Waals surface area (Å²) in [6.45, 7) is 0. The smallest absolute Gasteiger partial charge is 0.336 e. The Balaban J connectivity index is 2.30. The molecule has 24 heavy (non-hydrogen) atoms. The molecule has 0 spiro atoms. The average Bonchev–Trinajstić information content (AvgIpc) is 2.54. The van der Waals surface area contributed by atoms with E-state index in [1.54, 1.807) is 24.3 Å². The molecule has 0 heterocycles. The zero-order chi connectivity index (χ0) is 17.1. The van der Waals surface area contributed by atoms with E-state index in [1.807, 2.05) is 6.07 Å². The number of aromatic carboxylic acids is 2. The minimum atomic E-state index is -1.04. The van der Waals surface area contributed by atoms with E-state index in [2.05, 4.69) is 0 Å². The predicted molar refractivity (Wildman–Crippen MR) is 91.7 cm³/mol. The van der Waals surface area contributed by atoms with E-state index in [1.165, 1.54) is 12.5 Å². The first kappa shape index (κ1) is 16.2. The minimum Gasteiger partial charge on any atom is -0.478 e. The second kappa shape index (κ2) is 6.87. The molecule has 124 valence electrons. The van der Waals surface area contributed by atoms with Crippen LogP contribution in [0.25, 0.3) is 11.1 Å². The van der Waals surface area contributed by atoms with Crippen LogP contribution >= 0.6 is 0 Å². The number of fused-ring (bicyclic) bond motifs is 1. The molecule has 0 aliphatic heterocycles. The van der Waals surface area contributed by atoms with Crippen molar-refractivity contribution in [1.82, 2.24) is 0 Å². The molecule has 1 aliphatic carbocycles. The molecule has 0 aromatic heterocycles. The number of carboxylic acid groups (broad SMARTS) is 2. The van der Waals surface area contributed by atoms with Crippen LogP contribution < -0.4 is 0 Å². The van der Waals surface area contributed by atoms with Crippen molar-refractivity contribution in [3.05, 3.63) is 58.7 Å². The Morgan fingerprint density at radius 2 is 1.42 bits per heavy atom. The van der Waals surface area contributed by atoms with Gasteiger partial charge in [0, 0.05) is 5.56 Å². The summed E-state index contributed by atoms with van der Waals surface area (Å²) in [6.07, 6.45) is 6.09. The Hall–Kier alpha value is -2.62. The van der Waals surface area contributed by atoms with Crippen LogP contribution in [0.5, 0.6) is 0 Å². The topological polar surface area (TPSA) is 74.6 Å². The molecule has 0 saturated heterocycles. The lowest BCUT2D eigenvalue weighted by atomic mass is 9.83. The minimum absolute atomic E-state index is 0.149. The van der Waals surface area contributed by atoms with Gasteiger partial charge in [0.2, 0.25) is 0 Å². The predicted octanol–water partition coefficient (Wildman–Crippen LogP) is 4.41. The van der Waals surface area contributed by atoms with Crippen molar-refractivity contribution < 1.29 is 19.8 Å². The Bertz CT molecular complexity index is 792. The van der Waals surface area contributed by atoms with Crippen LogP contribution in [-0.2, 0) is 12.8 Å². The van der Waals surface area contributed by atoms with E-state index < -0.39 is 11.9 Å². The van der Waals surface area contributed by atoms with Crippen molar-refractivity contribution in [3.63, 3.8) is 0 Å². The SMILES string of the molecule is O=C(O)c1ccccc1-c1c(C(=O)O)ccc2c1CCCCCC2. The molecule has 2 aromatic rings. The van der Waals surface area contributed by atoms with Crippen molar-refractivity contribution >= 4 is 11.9 Å². The van der Waals surface area contributed by atoms with Crippen molar-refractivity contribution in [2.24, 2.45) is 0 Å². The first-order valence-corrected chi connectivity index (χ1v) is 8.30. The quantitative estimate of drug-likeness (QED) is 0.877. The monoisotopic (exact) mass is 324 g/mol. The molecule has 4 nitrogen and oxygen atoms in total. The van der Waals surface area contributed by atoms with Gasteiger partial charge in [0.25, 0.3) is 0 Å². The highest BCUT2D eigenvalue weighted by atomic mass is 16.4. The molecule has 0 saturated carbocycles. The van der Waals surface area contributed by atoms with Crippen LogP contribution in [0.3, 0.4) is 0 Å². The Morgan fingerprint density at radius 1 is 0.750 bits per heavy atom. The standard InChI is InChI=1S/C20H20O4/c21-19(22)16-10-6-5-9-15(16)18-14-8-4-2-1-3-7-13(14)11-12-17(18)20(23)24/h5-6,9-12H,1-4,7-8H2,(H,21,22)(H,23,24). The van der Waals surface area contributed by atoms with Crippen LogP contribution in [0.4, 0.5) is 0 Å². The van der Waals surface area contributed by atoms with Crippen LogP contribution in [0.2, 0.25) is 0 Å². The lowest BCUT2D eigenvalue weighted by Gasteiger charge is -2.21. The summed E-state index contributed by atoms with van der Waals surface area (Å²) in [5.74, 6) is -2.06. The number of hydrogen-bond acceptors (Lipinski definition) is 2. The van der Waals surface area contributed by atoms with Gasteiger partial charge in [-0.2, -0.15) is 0 Å². The van der Waals surface area contributed by atoms with Crippen LogP contribution in [0, 0.1) is 0 Å². The molecule has 0 fully saturated rings. The van der Waals surface area contributed by atoms with Gasteiger partial charge in [-0.15, -0.1) is 0 Å². The maximum atomic E-state index is 11.8. The van der Waals surface area contributed by atoms with E-state index >= 15 is 0 Å². The number of hydrogen-bond donors (Lipinski definition) is 2. The molecule has 4 heteroatoms. The lowest BCUT2D eigenvalue weighted by molar-refractivity contribution is 0.0684. The number of rotatable bonds is 3. The van der Waals surface area contributed by atoms with Crippen molar-refractivity contribution in [2.75, 3.05) is 0 Å². The zero-order valence-electron chi connectivity index (χ0n) is 13.4. The third-order valence-corrected chi connectivity index (χ3v) is 4.69. The molecule has 1 aliphatic rings. The first-order chi connectivity index (χ1) is 11.6. The summed E-state index contributed by atoms with van der Waals surface area (Å²) in [7, 11) is 0. The van der Waals surface area contributed by atoms with Gasteiger partial charge >= 0.3 is 11.9 Å². The molecule has 3 rings (SSSR count). The summed E-state index contributed by atoms with van der Waals surface area (Å²) in [5.41, 5.74) is 3.57. The van der Waals surface area contributed by atoms with Gasteiger partial charge in [0.15, 0.2) is 0 Å². The fourth-order valence-corrected chi connectivity index (χ4v) is 3.56. The highest BCUT2D eigenvalue weighted by Gasteiger charge is 2.23. The van der Waals surface area contributed by atoms with Gasteiger partial charge in [-0.3, -0.25) is 0 Å². The van der Waals surface area contributed by atoms with E-state index in [0.29, 0.717) is 11.1 Å². The van der Waals surface area contributed by atoms with Gasteiger partial charge in [-0.1, -0.05) is 37.1 Å². The highest BCUT2D eigenvalue weighted by Crippen LogP contribution is 2.35. The summed E-state index contributed by atoms with van der Waals surface area (Å²) in [5, 5.41) is 19.2. The van der Waals surface area contributed by atoms with Crippen molar-refractivity contribution in [2.45, 2.75) is 38.5 Å². The van der Waals surface area contributed by atoms with E-state index in [0.717, 1.165) is 43.2 Å². The maximum absolute atomic E-state index is 11.8. The fourth-order valence-electron chi connectivity index (χ4n) is 3.56. The molecule has 0 radical (unpaired) electrons. The van der Waals surface area contributed by atoms with Gasteiger partial charge in [-0.05, 0) is 54.5 Å². The Morgan fingerprint density at radius 3 is 2.12 bits per heavy atom. The Labute approximate surface area is 140 Å². The summed E-state index contributed by atoms with van der Waals surface area (Å²) >= 11 is 0. The maximum Gasteiger partial charge on any atom is 0.336 e. The van der Waals surface area contributed by atoms with Crippen molar-refractivity contribution in [1.29, 1.82) is 0 Å². The molecule has 0 bridgehead atoms. The second-order valence-electron chi connectivity index (χ2n) is 6.20. The molecule has 0 amide bonds. The largest absolute Gasteiger partial charge is 0.478 e. The fraction of sp³-hybridized carbons (Fsp3) is 0.300. The summed E-state index contributed by atoms with van der Waals surface area (Å²) in [6, 6.07) is 10.2. The average molecular weight is 324 g/mol. The number of carbonyl (C=O) groups is 2.